The van der Waals surface area contributed by atoms with Crippen molar-refractivity contribution in [2.45, 2.75) is 30.9 Å². The molecule has 2 aliphatic heterocycles. The molecule has 0 aromatic heterocycles. The number of nitrogens with zero attached hydrogens (tertiary/aromatic N) is 1. The Morgan fingerprint density at radius 2 is 2.28 bits per heavy atom. The Hall–Kier alpha value is -1.13. The fourth-order valence-corrected chi connectivity index (χ4v) is 3.39. The van der Waals surface area contributed by atoms with Crippen LogP contribution < -0.4 is 4.74 Å². The van der Waals surface area contributed by atoms with Crippen LogP contribution in [0.4, 0.5) is 4.39 Å². The van der Waals surface area contributed by atoms with Crippen LogP contribution in [0.2, 0.25) is 0 Å². The lowest BCUT2D eigenvalue weighted by Crippen LogP contribution is -2.38. The van der Waals surface area contributed by atoms with E-state index in [-0.39, 0.29) is 11.8 Å². The van der Waals surface area contributed by atoms with Crippen molar-refractivity contribution in [1.29, 1.82) is 0 Å². The van der Waals surface area contributed by atoms with Gasteiger partial charge in [0, 0.05) is 12.6 Å². The molecule has 1 N–H and O–H groups in total. The summed E-state index contributed by atoms with van der Waals surface area (Å²) < 4.78 is 18.7. The zero-order valence-corrected chi connectivity index (χ0v) is 10.5. The first-order valence-corrected chi connectivity index (χ1v) is 6.45. The number of halogens is 1. The molecule has 0 radical (unpaired) electrons. The van der Waals surface area contributed by atoms with Gasteiger partial charge in [-0.3, -0.25) is 4.90 Å². The Kier molecular flexibility index (Phi) is 2.79. The van der Waals surface area contributed by atoms with Gasteiger partial charge in [0.2, 0.25) is 0 Å². The summed E-state index contributed by atoms with van der Waals surface area (Å²) in [5.74, 6) is -0.177. The van der Waals surface area contributed by atoms with Gasteiger partial charge in [-0.15, -0.1) is 0 Å². The second kappa shape index (κ2) is 4.21. The number of fused-ring (bicyclic) bond motifs is 1. The highest BCUT2D eigenvalue weighted by Gasteiger charge is 2.49. The third-order valence-corrected chi connectivity index (χ3v) is 4.35. The number of methoxy groups -OCH3 is 1. The van der Waals surface area contributed by atoms with Crippen LogP contribution in [0.5, 0.6) is 5.75 Å². The zero-order valence-electron chi connectivity index (χ0n) is 10.5. The van der Waals surface area contributed by atoms with Crippen molar-refractivity contribution >= 4 is 0 Å². The van der Waals surface area contributed by atoms with Crippen LogP contribution in [0, 0.1) is 5.82 Å². The zero-order chi connectivity index (χ0) is 12.8. The Bertz CT molecular complexity index is 465. The van der Waals surface area contributed by atoms with Gasteiger partial charge in [0.25, 0.3) is 0 Å². The Morgan fingerprint density at radius 3 is 3.00 bits per heavy atom. The van der Waals surface area contributed by atoms with Crippen molar-refractivity contribution in [3.05, 3.63) is 29.6 Å². The smallest absolute Gasteiger partial charge is 0.165 e. The van der Waals surface area contributed by atoms with E-state index in [0.29, 0.717) is 12.0 Å². The number of hydrogen-bond acceptors (Lipinski definition) is 3. The number of ether oxygens (including phenoxy) is 1. The summed E-state index contributed by atoms with van der Waals surface area (Å²) in [6.45, 7) is 1.94. The van der Waals surface area contributed by atoms with Crippen molar-refractivity contribution in [2.75, 3.05) is 20.2 Å². The fraction of sp³-hybridized carbons (Fsp3) is 0.571. The highest BCUT2D eigenvalue weighted by Crippen LogP contribution is 2.43. The van der Waals surface area contributed by atoms with Crippen LogP contribution >= 0.6 is 0 Å². The van der Waals surface area contributed by atoms with E-state index in [1.165, 1.54) is 13.2 Å². The predicted octanol–water partition coefficient (Wildman–Crippen LogP) is 1.89. The molecule has 2 atom stereocenters. The van der Waals surface area contributed by atoms with Crippen molar-refractivity contribution in [1.82, 2.24) is 4.90 Å². The Balaban J connectivity index is 1.96. The SMILES string of the molecule is COc1ccc(C2(O)CCN3CCCC32)cc1F. The molecule has 1 aromatic rings. The summed E-state index contributed by atoms with van der Waals surface area (Å²) >= 11 is 0. The van der Waals surface area contributed by atoms with Crippen molar-refractivity contribution in [2.24, 2.45) is 0 Å². The standard InChI is InChI=1S/C14H18FNO2/c1-18-12-5-4-10(9-11(12)15)14(17)6-8-16-7-2-3-13(14)16/h4-5,9,13,17H,2-3,6-8H2,1H3. The predicted molar refractivity (Wildman–Crippen MR) is 66.1 cm³/mol. The van der Waals surface area contributed by atoms with Gasteiger partial charge in [-0.05, 0) is 43.5 Å². The first-order valence-electron chi connectivity index (χ1n) is 6.45. The topological polar surface area (TPSA) is 32.7 Å². The maximum absolute atomic E-state index is 13.8. The van der Waals surface area contributed by atoms with E-state index in [0.717, 1.165) is 25.9 Å². The first kappa shape index (κ1) is 11.9. The van der Waals surface area contributed by atoms with Gasteiger partial charge >= 0.3 is 0 Å². The molecule has 2 saturated heterocycles. The van der Waals surface area contributed by atoms with E-state index in [9.17, 15) is 9.50 Å². The Morgan fingerprint density at radius 1 is 1.44 bits per heavy atom. The molecule has 18 heavy (non-hydrogen) atoms. The minimum atomic E-state index is -0.899. The molecule has 3 nitrogen and oxygen atoms in total. The maximum Gasteiger partial charge on any atom is 0.165 e. The molecule has 0 bridgehead atoms. The highest BCUT2D eigenvalue weighted by molar-refractivity contribution is 5.34. The van der Waals surface area contributed by atoms with Gasteiger partial charge in [-0.25, -0.2) is 4.39 Å². The second-order valence-corrected chi connectivity index (χ2v) is 5.22. The lowest BCUT2D eigenvalue weighted by Gasteiger charge is -2.30. The van der Waals surface area contributed by atoms with Gasteiger partial charge in [0.15, 0.2) is 11.6 Å². The Labute approximate surface area is 106 Å². The largest absolute Gasteiger partial charge is 0.494 e. The quantitative estimate of drug-likeness (QED) is 0.871. The van der Waals surface area contributed by atoms with E-state index < -0.39 is 11.4 Å². The van der Waals surface area contributed by atoms with E-state index in [1.54, 1.807) is 12.1 Å². The van der Waals surface area contributed by atoms with Crippen molar-refractivity contribution in [3.63, 3.8) is 0 Å². The minimum Gasteiger partial charge on any atom is -0.494 e. The van der Waals surface area contributed by atoms with E-state index >= 15 is 0 Å². The molecule has 2 heterocycles. The van der Waals surface area contributed by atoms with Gasteiger partial charge in [-0.2, -0.15) is 0 Å². The lowest BCUT2D eigenvalue weighted by atomic mass is 9.85. The third-order valence-electron chi connectivity index (χ3n) is 4.35. The summed E-state index contributed by atoms with van der Waals surface area (Å²) in [5, 5.41) is 10.9. The molecule has 0 spiro atoms. The molecule has 1 aromatic carbocycles. The molecule has 3 rings (SSSR count). The molecule has 2 aliphatic rings. The molecule has 2 fully saturated rings. The molecular formula is C14H18FNO2. The number of hydrogen-bond donors (Lipinski definition) is 1. The second-order valence-electron chi connectivity index (χ2n) is 5.22. The van der Waals surface area contributed by atoms with Gasteiger partial charge in [0.05, 0.1) is 7.11 Å². The molecule has 0 saturated carbocycles. The summed E-state index contributed by atoms with van der Waals surface area (Å²) in [5.41, 5.74) is -0.223. The van der Waals surface area contributed by atoms with Crippen LogP contribution in [0.1, 0.15) is 24.8 Å². The first-order chi connectivity index (χ1) is 8.65. The average molecular weight is 251 g/mol. The van der Waals surface area contributed by atoms with Crippen LogP contribution in [0.3, 0.4) is 0 Å². The van der Waals surface area contributed by atoms with E-state index in [1.807, 2.05) is 0 Å². The lowest BCUT2D eigenvalue weighted by molar-refractivity contribution is 0.00906. The molecule has 4 heteroatoms. The maximum atomic E-state index is 13.8. The van der Waals surface area contributed by atoms with Gasteiger partial charge in [0.1, 0.15) is 5.60 Å². The van der Waals surface area contributed by atoms with E-state index in [4.69, 9.17) is 4.74 Å². The minimum absolute atomic E-state index is 0.144. The molecule has 0 aliphatic carbocycles. The molecule has 0 amide bonds. The normalized spacial score (nSPS) is 31.6. The van der Waals surface area contributed by atoms with Crippen LogP contribution in [0.25, 0.3) is 0 Å². The summed E-state index contributed by atoms with van der Waals surface area (Å²) in [6, 6.07) is 4.94. The van der Waals surface area contributed by atoms with Gasteiger partial charge < -0.3 is 9.84 Å². The molecular weight excluding hydrogens is 233 g/mol. The summed E-state index contributed by atoms with van der Waals surface area (Å²) in [6.07, 6.45) is 2.79. The molecule has 98 valence electrons. The van der Waals surface area contributed by atoms with Crippen LogP contribution in [0.15, 0.2) is 18.2 Å². The monoisotopic (exact) mass is 251 g/mol. The van der Waals surface area contributed by atoms with Crippen molar-refractivity contribution < 1.29 is 14.2 Å². The van der Waals surface area contributed by atoms with Gasteiger partial charge in [-0.1, -0.05) is 6.07 Å². The summed E-state index contributed by atoms with van der Waals surface area (Å²) in [4.78, 5) is 2.31. The average Bonchev–Trinajstić information content (AvgIpc) is 2.94. The third kappa shape index (κ3) is 1.63. The fourth-order valence-electron chi connectivity index (χ4n) is 3.39. The summed E-state index contributed by atoms with van der Waals surface area (Å²) in [7, 11) is 1.45. The number of rotatable bonds is 2. The number of aliphatic hydroxyl groups is 1. The van der Waals surface area contributed by atoms with Crippen molar-refractivity contribution in [3.8, 4) is 5.75 Å². The van der Waals surface area contributed by atoms with Crippen LogP contribution in [-0.2, 0) is 5.60 Å². The molecule has 2 unspecified atom stereocenters. The highest BCUT2D eigenvalue weighted by atomic mass is 19.1. The number of benzene rings is 1. The van der Waals surface area contributed by atoms with Crippen LogP contribution in [-0.4, -0.2) is 36.2 Å². The van der Waals surface area contributed by atoms with E-state index in [2.05, 4.69) is 4.90 Å².